The number of benzene rings is 1. The van der Waals surface area contributed by atoms with Gasteiger partial charge in [0.05, 0.1) is 25.9 Å². The van der Waals surface area contributed by atoms with Gasteiger partial charge in [0.2, 0.25) is 0 Å². The van der Waals surface area contributed by atoms with Gasteiger partial charge in [-0.25, -0.2) is 0 Å². The van der Waals surface area contributed by atoms with Crippen LogP contribution in [-0.4, -0.2) is 37.8 Å². The van der Waals surface area contributed by atoms with E-state index in [0.717, 1.165) is 5.56 Å². The number of hydrogen-bond acceptors (Lipinski definition) is 4. The van der Waals surface area contributed by atoms with Gasteiger partial charge in [0.1, 0.15) is 12.2 Å². The van der Waals surface area contributed by atoms with Crippen LogP contribution in [-0.2, 0) is 25.6 Å². The Morgan fingerprint density at radius 1 is 1.29 bits per heavy atom. The second-order valence-electron chi connectivity index (χ2n) is 5.14. The molecule has 0 aliphatic carbocycles. The minimum absolute atomic E-state index is 0.0990. The third kappa shape index (κ3) is 3.30. The monoisotopic (exact) mass is 310 g/mol. The van der Waals surface area contributed by atoms with Crippen molar-refractivity contribution in [2.75, 3.05) is 13.2 Å². The highest BCUT2D eigenvalue weighted by Crippen LogP contribution is 2.32. The predicted octanol–water partition coefficient (Wildman–Crippen LogP) is 2.94. The van der Waals surface area contributed by atoms with E-state index in [1.807, 2.05) is 30.3 Å². The molecule has 0 unspecified atom stereocenters. The maximum atomic E-state index is 6.16. The number of fused-ring (bicyclic) bond motifs is 1. The van der Waals surface area contributed by atoms with Crippen LogP contribution >= 0.6 is 11.6 Å². The van der Waals surface area contributed by atoms with Gasteiger partial charge in [0, 0.05) is 5.02 Å². The molecular formula is C16H19ClO4. The molecule has 3 rings (SSSR count). The molecule has 0 radical (unpaired) electrons. The Morgan fingerprint density at radius 3 is 2.90 bits per heavy atom. The zero-order valence-corrected chi connectivity index (χ0v) is 12.5. The third-order valence-electron chi connectivity index (χ3n) is 3.73. The Bertz CT molecular complexity index is 493. The summed E-state index contributed by atoms with van der Waals surface area (Å²) in [6.07, 6.45) is 1.72. The highest BCUT2D eigenvalue weighted by molar-refractivity contribution is 6.31. The van der Waals surface area contributed by atoms with E-state index >= 15 is 0 Å². The first-order valence-corrected chi connectivity index (χ1v) is 7.52. The minimum Gasteiger partial charge on any atom is -0.368 e. The molecule has 0 bridgehead atoms. The molecule has 114 valence electrons. The molecule has 4 atom stereocenters. The number of hydrogen-bond donors (Lipinski definition) is 0. The molecule has 0 spiro atoms. The summed E-state index contributed by atoms with van der Waals surface area (Å²) in [5, 5.41) is 0.703. The molecule has 2 aliphatic heterocycles. The fraction of sp³-hybridized carbons (Fsp3) is 0.500. The Labute approximate surface area is 129 Å². The van der Waals surface area contributed by atoms with E-state index in [1.165, 1.54) is 0 Å². The van der Waals surface area contributed by atoms with Crippen molar-refractivity contribution < 1.29 is 18.9 Å². The Hall–Kier alpha value is -0.910. The van der Waals surface area contributed by atoms with Crippen LogP contribution in [0, 0.1) is 0 Å². The largest absolute Gasteiger partial charge is 0.368 e. The maximum Gasteiger partial charge on any atom is 0.186 e. The quantitative estimate of drug-likeness (QED) is 0.784. The van der Waals surface area contributed by atoms with Crippen LogP contribution < -0.4 is 0 Å². The lowest BCUT2D eigenvalue weighted by atomic mass is 10.1. The van der Waals surface area contributed by atoms with Crippen LogP contribution in [0.15, 0.2) is 36.9 Å². The number of ether oxygens (including phenoxy) is 4. The highest BCUT2D eigenvalue weighted by Gasteiger charge is 2.47. The summed E-state index contributed by atoms with van der Waals surface area (Å²) in [6.45, 7) is 5.32. The van der Waals surface area contributed by atoms with Gasteiger partial charge in [-0.1, -0.05) is 35.9 Å². The van der Waals surface area contributed by atoms with Crippen LogP contribution in [0.25, 0.3) is 0 Å². The summed E-state index contributed by atoms with van der Waals surface area (Å²) in [5.74, 6) is 0. The number of rotatable bonds is 5. The van der Waals surface area contributed by atoms with Gasteiger partial charge >= 0.3 is 0 Å². The number of halogens is 1. The fourth-order valence-corrected chi connectivity index (χ4v) is 2.90. The van der Waals surface area contributed by atoms with Crippen LogP contribution in [0.3, 0.4) is 0 Å². The molecule has 2 heterocycles. The summed E-state index contributed by atoms with van der Waals surface area (Å²) in [5.41, 5.74) is 0.955. The summed E-state index contributed by atoms with van der Waals surface area (Å²) in [6, 6.07) is 7.66. The van der Waals surface area contributed by atoms with Crippen LogP contribution in [0.2, 0.25) is 5.02 Å². The Kier molecular flexibility index (Phi) is 4.93. The lowest BCUT2D eigenvalue weighted by molar-refractivity contribution is -0.221. The maximum absolute atomic E-state index is 6.16. The average Bonchev–Trinajstić information content (AvgIpc) is 2.84. The van der Waals surface area contributed by atoms with E-state index in [-0.39, 0.29) is 24.6 Å². The molecule has 0 N–H and O–H groups in total. The first-order chi connectivity index (χ1) is 10.3. The second kappa shape index (κ2) is 6.90. The van der Waals surface area contributed by atoms with Crippen molar-refractivity contribution in [1.82, 2.24) is 0 Å². The van der Waals surface area contributed by atoms with E-state index in [4.69, 9.17) is 30.5 Å². The lowest BCUT2D eigenvalue weighted by Gasteiger charge is -2.28. The molecule has 2 aliphatic rings. The van der Waals surface area contributed by atoms with E-state index in [1.54, 1.807) is 0 Å². The standard InChI is InChI=1S/C16H19ClO4/c1-2-5-13-14(15-16(21-13)19-9-8-18-15)20-10-11-6-3-4-7-12(11)17/h2-4,6-7,13-16H,1,5,8-10H2/t13-,14+,15-,16+/m1/s1. The molecule has 0 aromatic heterocycles. The zero-order valence-electron chi connectivity index (χ0n) is 11.7. The van der Waals surface area contributed by atoms with Crippen molar-refractivity contribution in [2.45, 2.75) is 37.6 Å². The van der Waals surface area contributed by atoms with Gasteiger partial charge in [0.15, 0.2) is 6.29 Å². The predicted molar refractivity (Wildman–Crippen MR) is 79.2 cm³/mol. The Balaban J connectivity index is 1.68. The Morgan fingerprint density at radius 2 is 2.10 bits per heavy atom. The average molecular weight is 311 g/mol. The van der Waals surface area contributed by atoms with Gasteiger partial charge in [0.25, 0.3) is 0 Å². The first-order valence-electron chi connectivity index (χ1n) is 7.14. The third-order valence-corrected chi connectivity index (χ3v) is 4.10. The zero-order chi connectivity index (χ0) is 14.7. The summed E-state index contributed by atoms with van der Waals surface area (Å²) in [4.78, 5) is 0. The van der Waals surface area contributed by atoms with E-state index < -0.39 is 0 Å². The molecule has 5 heteroatoms. The van der Waals surface area contributed by atoms with Gasteiger partial charge in [-0.3, -0.25) is 0 Å². The van der Waals surface area contributed by atoms with Crippen molar-refractivity contribution in [2.24, 2.45) is 0 Å². The van der Waals surface area contributed by atoms with Crippen LogP contribution in [0.1, 0.15) is 12.0 Å². The molecule has 2 fully saturated rings. The van der Waals surface area contributed by atoms with Gasteiger partial charge in [-0.15, -0.1) is 6.58 Å². The second-order valence-corrected chi connectivity index (χ2v) is 5.55. The molecule has 4 nitrogen and oxygen atoms in total. The van der Waals surface area contributed by atoms with Gasteiger partial charge in [-0.2, -0.15) is 0 Å². The van der Waals surface area contributed by atoms with Crippen molar-refractivity contribution in [1.29, 1.82) is 0 Å². The highest BCUT2D eigenvalue weighted by atomic mass is 35.5. The van der Waals surface area contributed by atoms with Crippen LogP contribution in [0.5, 0.6) is 0 Å². The summed E-state index contributed by atoms with van der Waals surface area (Å²) in [7, 11) is 0. The van der Waals surface area contributed by atoms with E-state index in [2.05, 4.69) is 6.58 Å². The fourth-order valence-electron chi connectivity index (χ4n) is 2.71. The van der Waals surface area contributed by atoms with Crippen LogP contribution in [0.4, 0.5) is 0 Å². The smallest absolute Gasteiger partial charge is 0.186 e. The molecule has 2 saturated heterocycles. The molecular weight excluding hydrogens is 292 g/mol. The molecule has 1 aromatic rings. The molecule has 1 aromatic carbocycles. The minimum atomic E-state index is -0.347. The van der Waals surface area contributed by atoms with Gasteiger partial charge < -0.3 is 18.9 Å². The molecule has 21 heavy (non-hydrogen) atoms. The first kappa shape index (κ1) is 15.0. The van der Waals surface area contributed by atoms with E-state index in [0.29, 0.717) is 31.3 Å². The molecule has 0 amide bonds. The summed E-state index contributed by atoms with van der Waals surface area (Å²) < 4.78 is 23.3. The van der Waals surface area contributed by atoms with E-state index in [9.17, 15) is 0 Å². The van der Waals surface area contributed by atoms with Crippen molar-refractivity contribution in [3.63, 3.8) is 0 Å². The molecule has 0 saturated carbocycles. The van der Waals surface area contributed by atoms with Crippen molar-refractivity contribution in [3.05, 3.63) is 47.5 Å². The normalized spacial score (nSPS) is 31.9. The van der Waals surface area contributed by atoms with Crippen molar-refractivity contribution >= 4 is 11.6 Å². The SMILES string of the molecule is C=CC[C@H]1O[C@@H]2OCCO[C@@H]2[C@H]1OCc1ccccc1Cl. The van der Waals surface area contributed by atoms with Crippen molar-refractivity contribution in [3.8, 4) is 0 Å². The summed E-state index contributed by atoms with van der Waals surface area (Å²) >= 11 is 6.16. The topological polar surface area (TPSA) is 36.9 Å². The van der Waals surface area contributed by atoms with Gasteiger partial charge in [-0.05, 0) is 18.1 Å². The lowest BCUT2D eigenvalue weighted by Crippen LogP contribution is -2.42.